The average Bonchev–Trinajstić information content (AvgIpc) is 2.92. The van der Waals surface area contributed by atoms with Crippen molar-refractivity contribution in [3.8, 4) is 11.3 Å². The van der Waals surface area contributed by atoms with Crippen molar-refractivity contribution in [2.45, 2.75) is 32.7 Å². The molecule has 1 aliphatic rings. The van der Waals surface area contributed by atoms with Crippen molar-refractivity contribution >= 4 is 27.6 Å². The van der Waals surface area contributed by atoms with Gasteiger partial charge < -0.3 is 14.5 Å². The number of halogens is 1. The van der Waals surface area contributed by atoms with Crippen LogP contribution in [0.2, 0.25) is 0 Å². The van der Waals surface area contributed by atoms with Crippen molar-refractivity contribution in [3.63, 3.8) is 0 Å². The van der Waals surface area contributed by atoms with E-state index in [9.17, 15) is 4.79 Å². The van der Waals surface area contributed by atoms with Crippen LogP contribution in [-0.4, -0.2) is 28.5 Å². The second-order valence-corrected chi connectivity index (χ2v) is 7.34. The first kappa shape index (κ1) is 17.7. The van der Waals surface area contributed by atoms with Gasteiger partial charge in [-0.25, -0.2) is 0 Å². The zero-order valence-corrected chi connectivity index (χ0v) is 15.9. The first-order valence-electron chi connectivity index (χ1n) is 8.30. The monoisotopic (exact) mass is 404 g/mol. The molecule has 0 aliphatic heterocycles. The lowest BCUT2D eigenvalue weighted by Crippen LogP contribution is -2.21. The van der Waals surface area contributed by atoms with E-state index in [0.29, 0.717) is 12.5 Å². The van der Waals surface area contributed by atoms with E-state index in [1.165, 1.54) is 0 Å². The zero-order valence-electron chi connectivity index (χ0n) is 14.3. The lowest BCUT2D eigenvalue weighted by molar-refractivity contribution is -0.137. The molecular weight excluding hydrogens is 384 g/mol. The number of nitrogens with zero attached hydrogens (tertiary/aromatic N) is 2. The molecule has 1 heterocycles. The van der Waals surface area contributed by atoms with Gasteiger partial charge in [-0.15, -0.1) is 0 Å². The summed E-state index contributed by atoms with van der Waals surface area (Å²) in [5, 5.41) is 13.4. The van der Waals surface area contributed by atoms with Gasteiger partial charge in [-0.3, -0.25) is 4.79 Å². The van der Waals surface area contributed by atoms with Crippen LogP contribution in [0.1, 0.15) is 31.0 Å². The summed E-state index contributed by atoms with van der Waals surface area (Å²) < 4.78 is 3.15. The quantitative estimate of drug-likeness (QED) is 0.754. The molecule has 0 fully saturated rings. The fraction of sp³-hybridized carbons (Fsp3) is 0.368. The minimum absolute atomic E-state index is 0.0930. The number of oxime groups is 1. The summed E-state index contributed by atoms with van der Waals surface area (Å²) in [5.74, 6) is -0.350. The van der Waals surface area contributed by atoms with Crippen LogP contribution < -0.4 is 0 Å². The maximum absolute atomic E-state index is 11.1. The Labute approximate surface area is 155 Å². The molecule has 132 valence electrons. The Hall–Kier alpha value is -2.08. The van der Waals surface area contributed by atoms with E-state index in [2.05, 4.69) is 38.6 Å². The third kappa shape index (κ3) is 3.79. The fourth-order valence-corrected chi connectivity index (χ4v) is 3.68. The van der Waals surface area contributed by atoms with Gasteiger partial charge in [0.1, 0.15) is 7.11 Å². The third-order valence-electron chi connectivity index (χ3n) is 4.49. The highest BCUT2D eigenvalue weighted by atomic mass is 79.9. The summed E-state index contributed by atoms with van der Waals surface area (Å²) >= 11 is 3.46. The van der Waals surface area contributed by atoms with Crippen LogP contribution in [0.25, 0.3) is 11.3 Å². The molecule has 1 aliphatic carbocycles. The molecule has 0 radical (unpaired) electrons. The highest BCUT2D eigenvalue weighted by molar-refractivity contribution is 9.10. The normalized spacial score (nSPS) is 18.2. The molecule has 0 amide bonds. The van der Waals surface area contributed by atoms with Crippen LogP contribution in [0.3, 0.4) is 0 Å². The molecule has 0 saturated carbocycles. The van der Waals surface area contributed by atoms with E-state index in [1.807, 2.05) is 24.3 Å². The third-order valence-corrected chi connectivity index (χ3v) is 5.02. The molecule has 2 aromatic rings. The van der Waals surface area contributed by atoms with E-state index in [1.54, 1.807) is 7.11 Å². The number of carbonyl (C=O) groups is 1. The number of benzene rings is 1. The number of aromatic nitrogens is 1. The number of carboxylic acids is 1. The lowest BCUT2D eigenvalue weighted by atomic mass is 9.87. The van der Waals surface area contributed by atoms with Gasteiger partial charge in [-0.2, -0.15) is 0 Å². The van der Waals surface area contributed by atoms with Crippen LogP contribution >= 0.6 is 15.9 Å². The smallest absolute Gasteiger partial charge is 0.305 e. The number of hydrogen-bond acceptors (Lipinski definition) is 3. The number of fused-ring (bicyclic) bond motifs is 1. The van der Waals surface area contributed by atoms with Crippen molar-refractivity contribution < 1.29 is 14.7 Å². The number of carboxylic acid groups (broad SMARTS) is 1. The van der Waals surface area contributed by atoms with E-state index in [4.69, 9.17) is 9.94 Å². The van der Waals surface area contributed by atoms with Gasteiger partial charge in [0, 0.05) is 28.0 Å². The molecule has 1 unspecified atom stereocenters. The fourth-order valence-electron chi connectivity index (χ4n) is 3.42. The highest BCUT2D eigenvalue weighted by Gasteiger charge is 2.27. The molecular formula is C19H21BrN2O3. The van der Waals surface area contributed by atoms with Gasteiger partial charge in [0.25, 0.3) is 0 Å². The Balaban J connectivity index is 2.13. The van der Waals surface area contributed by atoms with E-state index in [-0.39, 0.29) is 6.42 Å². The topological polar surface area (TPSA) is 63.8 Å². The molecule has 25 heavy (non-hydrogen) atoms. The van der Waals surface area contributed by atoms with Crippen LogP contribution in [-0.2, 0) is 22.6 Å². The Kier molecular flexibility index (Phi) is 5.27. The molecule has 1 aromatic heterocycles. The Morgan fingerprint density at radius 3 is 2.72 bits per heavy atom. The molecule has 0 spiro atoms. The Morgan fingerprint density at radius 1 is 1.36 bits per heavy atom. The van der Waals surface area contributed by atoms with E-state index >= 15 is 0 Å². The molecule has 1 N–H and O–H groups in total. The molecule has 1 atom stereocenters. The van der Waals surface area contributed by atoms with Gasteiger partial charge in [0.2, 0.25) is 0 Å². The maximum atomic E-state index is 11.1. The minimum atomic E-state index is -0.793. The summed E-state index contributed by atoms with van der Waals surface area (Å²) in [6.45, 7) is 2.63. The van der Waals surface area contributed by atoms with Crippen LogP contribution in [0, 0.1) is 5.92 Å². The Bertz CT molecular complexity index is 809. The molecule has 5 nitrogen and oxygen atoms in total. The minimum Gasteiger partial charge on any atom is -0.481 e. The van der Waals surface area contributed by atoms with E-state index in [0.717, 1.165) is 45.5 Å². The largest absolute Gasteiger partial charge is 0.481 e. The van der Waals surface area contributed by atoms with Gasteiger partial charge in [-0.05, 0) is 42.5 Å². The van der Waals surface area contributed by atoms with Crippen molar-refractivity contribution in [3.05, 3.63) is 46.1 Å². The van der Waals surface area contributed by atoms with Crippen LogP contribution in [0.4, 0.5) is 0 Å². The van der Waals surface area contributed by atoms with Gasteiger partial charge in [0.15, 0.2) is 0 Å². The summed E-state index contributed by atoms with van der Waals surface area (Å²) in [6, 6.07) is 10.2. The molecule has 0 bridgehead atoms. The number of aliphatic carboxylic acids is 1. The summed E-state index contributed by atoms with van der Waals surface area (Å²) in [4.78, 5) is 16.2. The van der Waals surface area contributed by atoms with Gasteiger partial charge in [-0.1, -0.05) is 40.1 Å². The van der Waals surface area contributed by atoms with E-state index < -0.39 is 5.97 Å². The van der Waals surface area contributed by atoms with Crippen molar-refractivity contribution in [1.29, 1.82) is 0 Å². The molecule has 0 saturated heterocycles. The summed E-state index contributed by atoms with van der Waals surface area (Å²) in [6.07, 6.45) is 1.87. The first-order valence-corrected chi connectivity index (χ1v) is 9.09. The maximum Gasteiger partial charge on any atom is 0.305 e. The first-order chi connectivity index (χ1) is 12.0. The molecule has 3 rings (SSSR count). The molecule has 6 heteroatoms. The number of hydrogen-bond donors (Lipinski definition) is 1. The van der Waals surface area contributed by atoms with Crippen LogP contribution in [0.15, 0.2) is 40.0 Å². The standard InChI is InChI=1S/C19H21BrN2O3/c1-12-9-16(21-25-2)15-11-17(13-3-5-14(20)6-4-13)22(18(15)10-12)8-7-19(23)24/h3-6,11-12H,7-10H2,1-2H3,(H,23,24)/b21-16-. The SMILES string of the molecule is CO/N=C1/CC(C)Cc2c1cc(-c1ccc(Br)cc1)n2CCC(=O)O. The lowest BCUT2D eigenvalue weighted by Gasteiger charge is -2.22. The highest BCUT2D eigenvalue weighted by Crippen LogP contribution is 2.34. The zero-order chi connectivity index (χ0) is 18.0. The van der Waals surface area contributed by atoms with Gasteiger partial charge >= 0.3 is 5.97 Å². The van der Waals surface area contributed by atoms with Crippen LogP contribution in [0.5, 0.6) is 0 Å². The van der Waals surface area contributed by atoms with Crippen molar-refractivity contribution in [2.75, 3.05) is 7.11 Å². The summed E-state index contributed by atoms with van der Waals surface area (Å²) in [5.41, 5.74) is 5.24. The van der Waals surface area contributed by atoms with Crippen molar-refractivity contribution in [2.24, 2.45) is 11.1 Å². The predicted molar refractivity (Wildman–Crippen MR) is 101 cm³/mol. The predicted octanol–water partition coefficient (Wildman–Crippen LogP) is 4.33. The average molecular weight is 405 g/mol. The molecule has 1 aromatic carbocycles. The second kappa shape index (κ2) is 7.44. The second-order valence-electron chi connectivity index (χ2n) is 6.43. The number of rotatable bonds is 5. The van der Waals surface area contributed by atoms with Crippen molar-refractivity contribution in [1.82, 2.24) is 4.57 Å². The van der Waals surface area contributed by atoms with Gasteiger partial charge in [0.05, 0.1) is 12.1 Å². The summed E-state index contributed by atoms with van der Waals surface area (Å²) in [7, 11) is 1.56. The Morgan fingerprint density at radius 2 is 2.08 bits per heavy atom.